The molecular weight excluding hydrogens is 384 g/mol. The van der Waals surface area contributed by atoms with Crippen molar-refractivity contribution >= 4 is 19.5 Å². The summed E-state index contributed by atoms with van der Waals surface area (Å²) in [5.41, 5.74) is 2.12. The molecule has 0 spiro atoms. The first-order chi connectivity index (χ1) is 11.7. The number of esters is 1. The van der Waals surface area contributed by atoms with Crippen molar-refractivity contribution < 1.29 is 46.3 Å². The molecule has 0 aliphatic carbocycles. The number of hydrogen-bond acceptors (Lipinski definition) is 7. The first-order valence-electron chi connectivity index (χ1n) is 7.67. The predicted molar refractivity (Wildman–Crippen MR) is 83.6 cm³/mol. The van der Waals surface area contributed by atoms with Crippen molar-refractivity contribution in [3.8, 4) is 0 Å². The Kier molecular flexibility index (Phi) is 9.74. The molecule has 0 aliphatic heterocycles. The van der Waals surface area contributed by atoms with Crippen molar-refractivity contribution in [1.29, 1.82) is 0 Å². The first-order valence-corrected chi connectivity index (χ1v) is 9.32. The van der Waals surface area contributed by atoms with Gasteiger partial charge in [0.15, 0.2) is 0 Å². The van der Waals surface area contributed by atoms with Gasteiger partial charge in [0, 0.05) is 6.04 Å². The van der Waals surface area contributed by atoms with Gasteiger partial charge in [-0.25, -0.2) is 4.62 Å². The lowest BCUT2D eigenvalue weighted by atomic mass is 10.4. The highest BCUT2D eigenvalue weighted by Gasteiger charge is 2.51. The summed E-state index contributed by atoms with van der Waals surface area (Å²) in [6, 6.07) is -0.466. The molecule has 2 atom stereocenters. The fourth-order valence-electron chi connectivity index (χ4n) is 1.55. The summed E-state index contributed by atoms with van der Waals surface area (Å²) in [5, 5.41) is 0. The second-order valence-electron chi connectivity index (χ2n) is 5.67. The smallest absolute Gasteiger partial charge is 0.465 e. The molecule has 0 radical (unpaired) electrons. The number of carbonyl (C=O) groups is 2. The zero-order valence-electron chi connectivity index (χ0n) is 15.1. The Bertz CT molecular complexity index is 528. The minimum Gasteiger partial charge on any atom is -0.465 e. The van der Waals surface area contributed by atoms with Crippen LogP contribution in [0.1, 0.15) is 34.6 Å². The van der Waals surface area contributed by atoms with Crippen LogP contribution in [-0.2, 0) is 28.3 Å². The summed E-state index contributed by atoms with van der Waals surface area (Å²) in [4.78, 5) is 33.1. The van der Waals surface area contributed by atoms with Gasteiger partial charge in [0.05, 0.1) is 12.7 Å². The largest absolute Gasteiger partial charge is 0.471 e. The minimum absolute atomic E-state index is 0.162. The van der Waals surface area contributed by atoms with E-state index >= 15 is 0 Å². The Hall–Kier alpha value is -1.20. The normalized spacial score (nSPS) is 15.7. The van der Waals surface area contributed by atoms with Crippen LogP contribution in [-0.4, -0.2) is 59.1 Å². The highest BCUT2D eigenvalue weighted by Crippen LogP contribution is 2.49. The molecule has 26 heavy (non-hydrogen) atoms. The predicted octanol–water partition coefficient (Wildman–Crippen LogP) is 1.76. The molecule has 0 heterocycles. The fraction of sp³-hybridized carbons (Fsp3) is 0.846. The number of amides is 1. The van der Waals surface area contributed by atoms with Gasteiger partial charge in [-0.15, -0.1) is 0 Å². The van der Waals surface area contributed by atoms with Gasteiger partial charge in [-0.3, -0.25) is 19.1 Å². The molecule has 0 fully saturated rings. The molecule has 0 aliphatic rings. The molecule has 0 aromatic heterocycles. The van der Waals surface area contributed by atoms with E-state index in [0.717, 1.165) is 0 Å². The Morgan fingerprint density at radius 1 is 1.23 bits per heavy atom. The monoisotopic (exact) mass is 408 g/mol. The Labute approximate surface area is 149 Å². The van der Waals surface area contributed by atoms with E-state index in [4.69, 9.17) is 4.74 Å². The van der Waals surface area contributed by atoms with Gasteiger partial charge >= 0.3 is 25.6 Å². The number of ether oxygens (including phenoxy) is 2. The first kappa shape index (κ1) is 24.8. The van der Waals surface area contributed by atoms with Crippen molar-refractivity contribution in [2.24, 2.45) is 0 Å². The molecule has 9 nitrogen and oxygen atoms in total. The quantitative estimate of drug-likeness (QED) is 0.243. The lowest BCUT2D eigenvalue weighted by Gasteiger charge is -2.34. The molecule has 0 aromatic carbocycles. The van der Waals surface area contributed by atoms with E-state index in [2.05, 4.69) is 14.8 Å². The average molecular weight is 408 g/mol. The second-order valence-corrected chi connectivity index (χ2v) is 7.43. The molecule has 2 N–H and O–H groups in total. The van der Waals surface area contributed by atoms with Crippen LogP contribution in [0.3, 0.4) is 0 Å². The average Bonchev–Trinajstić information content (AvgIpc) is 2.47. The number of alkyl halides is 3. The number of nitrogens with zero attached hydrogens (tertiary/aromatic N) is 1. The molecule has 1 amide bonds. The van der Waals surface area contributed by atoms with E-state index in [1.54, 1.807) is 0 Å². The summed E-state index contributed by atoms with van der Waals surface area (Å²) in [7, 11) is -5.00. The van der Waals surface area contributed by atoms with Gasteiger partial charge < -0.3 is 14.4 Å². The lowest BCUT2D eigenvalue weighted by molar-refractivity contribution is -0.197. The molecule has 13 heteroatoms. The summed E-state index contributed by atoms with van der Waals surface area (Å²) < 4.78 is 65.2. The molecule has 0 saturated carbocycles. The molecule has 0 saturated heterocycles. The van der Waals surface area contributed by atoms with Gasteiger partial charge in [-0.1, -0.05) is 0 Å². The number of nitrogens with one attached hydrogen (secondary N) is 1. The maximum atomic E-state index is 12.9. The third-order valence-electron chi connectivity index (χ3n) is 2.47. The Morgan fingerprint density at radius 2 is 1.77 bits per heavy atom. The van der Waals surface area contributed by atoms with E-state index < -0.39 is 50.3 Å². The number of hydroxylamine groups is 1. The topological polar surface area (TPSA) is 114 Å². The van der Waals surface area contributed by atoms with Crippen molar-refractivity contribution in [3.05, 3.63) is 0 Å². The van der Waals surface area contributed by atoms with Crippen molar-refractivity contribution in [2.45, 2.75) is 58.9 Å². The van der Waals surface area contributed by atoms with Crippen LogP contribution in [0, 0.1) is 0 Å². The van der Waals surface area contributed by atoms with Gasteiger partial charge in [-0.2, -0.15) is 18.7 Å². The van der Waals surface area contributed by atoms with Crippen molar-refractivity contribution in [1.82, 2.24) is 10.4 Å². The fourth-order valence-corrected chi connectivity index (χ4v) is 2.94. The third kappa shape index (κ3) is 8.45. The van der Waals surface area contributed by atoms with E-state index in [1.807, 2.05) is 0 Å². The van der Waals surface area contributed by atoms with Gasteiger partial charge in [0.1, 0.15) is 6.54 Å². The van der Waals surface area contributed by atoms with Gasteiger partial charge in [0.2, 0.25) is 5.97 Å². The lowest BCUT2D eigenvalue weighted by Crippen LogP contribution is -2.51. The second kappa shape index (κ2) is 10.2. The summed E-state index contributed by atoms with van der Waals surface area (Å²) >= 11 is 0. The highest BCUT2D eigenvalue weighted by atomic mass is 31.2. The van der Waals surface area contributed by atoms with Crippen LogP contribution in [0.15, 0.2) is 0 Å². The molecule has 0 rings (SSSR count). The minimum atomic E-state index is -5.42. The summed E-state index contributed by atoms with van der Waals surface area (Å²) in [6.45, 7) is 5.80. The number of halogens is 3. The van der Waals surface area contributed by atoms with Crippen LogP contribution in [0.5, 0.6) is 0 Å². The van der Waals surface area contributed by atoms with Crippen LogP contribution in [0.25, 0.3) is 0 Å². The highest BCUT2D eigenvalue weighted by molar-refractivity contribution is 7.53. The Morgan fingerprint density at radius 3 is 2.15 bits per heavy atom. The molecule has 154 valence electrons. The van der Waals surface area contributed by atoms with Crippen LogP contribution >= 0.6 is 7.60 Å². The SMILES string of the molecule is CCOC(=O)CN(C(=O)C(F)(F)F)C(OC(C)C)P(=O)(O)ONC(C)C. The molecular formula is C13H24F3N2O7P. The van der Waals surface area contributed by atoms with Crippen LogP contribution in [0.2, 0.25) is 0 Å². The molecule has 0 aromatic rings. The number of hydrogen-bond donors (Lipinski definition) is 2. The van der Waals surface area contributed by atoms with Crippen molar-refractivity contribution in [3.63, 3.8) is 0 Å². The van der Waals surface area contributed by atoms with Crippen LogP contribution in [0.4, 0.5) is 13.2 Å². The standard InChI is InChI=1S/C13H24F3N2O7P/c1-6-23-10(19)7-18(11(20)13(14,15)16)12(24-9(4)5)26(21,22)25-17-8(2)3/h8-9,12,17H,6-7H2,1-5H3,(H,21,22). The van der Waals surface area contributed by atoms with Crippen LogP contribution < -0.4 is 5.48 Å². The maximum Gasteiger partial charge on any atom is 0.471 e. The Balaban J connectivity index is 5.87. The summed E-state index contributed by atoms with van der Waals surface area (Å²) in [5.74, 6) is -6.13. The van der Waals surface area contributed by atoms with E-state index in [0.29, 0.717) is 0 Å². The molecule has 2 unspecified atom stereocenters. The zero-order chi connectivity index (χ0) is 20.7. The van der Waals surface area contributed by atoms with Gasteiger partial charge in [0.25, 0.3) is 0 Å². The maximum absolute atomic E-state index is 12.9. The summed E-state index contributed by atoms with van der Waals surface area (Å²) in [6.07, 6.45) is -6.29. The number of carbonyl (C=O) groups excluding carboxylic acids is 2. The number of rotatable bonds is 10. The molecule has 0 bridgehead atoms. The van der Waals surface area contributed by atoms with Crippen molar-refractivity contribution in [2.75, 3.05) is 13.2 Å². The van der Waals surface area contributed by atoms with E-state index in [9.17, 15) is 32.2 Å². The van der Waals surface area contributed by atoms with E-state index in [1.165, 1.54) is 34.6 Å². The third-order valence-corrected chi connectivity index (χ3v) is 3.79. The van der Waals surface area contributed by atoms with E-state index in [-0.39, 0.29) is 11.5 Å². The van der Waals surface area contributed by atoms with Gasteiger partial charge in [-0.05, 0) is 34.6 Å². The zero-order valence-corrected chi connectivity index (χ0v) is 16.0.